The van der Waals surface area contributed by atoms with E-state index in [1.807, 2.05) is 36.4 Å². The summed E-state index contributed by atoms with van der Waals surface area (Å²) >= 11 is 7.73. The van der Waals surface area contributed by atoms with Gasteiger partial charge in [-0.1, -0.05) is 48.0 Å². The second-order valence-corrected chi connectivity index (χ2v) is 8.00. The molecule has 0 unspecified atom stereocenters. The third kappa shape index (κ3) is 3.99. The lowest BCUT2D eigenvalue weighted by molar-refractivity contribution is -0.121. The van der Waals surface area contributed by atoms with Crippen LogP contribution in [0.5, 0.6) is 0 Å². The zero-order valence-electron chi connectivity index (χ0n) is 15.4. The SMILES string of the molecule is O=C(CSc1cccc2cccc(Cl)c12)Nc1ccccc1N1C(=O)CCC1=O. The summed E-state index contributed by atoms with van der Waals surface area (Å²) in [4.78, 5) is 38.8. The highest BCUT2D eigenvalue weighted by molar-refractivity contribution is 8.00. The van der Waals surface area contributed by atoms with E-state index in [2.05, 4.69) is 5.32 Å². The van der Waals surface area contributed by atoms with Crippen LogP contribution in [0, 0.1) is 0 Å². The van der Waals surface area contributed by atoms with Crippen LogP contribution in [0.3, 0.4) is 0 Å². The third-order valence-corrected chi connectivity index (χ3v) is 6.02. The van der Waals surface area contributed by atoms with Gasteiger partial charge in [-0.2, -0.15) is 0 Å². The Morgan fingerprint density at radius 1 is 0.966 bits per heavy atom. The minimum atomic E-state index is -0.253. The van der Waals surface area contributed by atoms with Crippen molar-refractivity contribution in [3.05, 3.63) is 65.7 Å². The van der Waals surface area contributed by atoms with Crippen LogP contribution in [0.4, 0.5) is 11.4 Å². The molecule has 0 aliphatic carbocycles. The number of thioether (sulfide) groups is 1. The molecule has 146 valence electrons. The number of hydrogen-bond donors (Lipinski definition) is 1. The minimum absolute atomic E-state index is 0.167. The molecule has 3 aromatic carbocycles. The molecule has 0 aromatic heterocycles. The molecule has 7 heteroatoms. The predicted octanol–water partition coefficient (Wildman–Crippen LogP) is 4.88. The van der Waals surface area contributed by atoms with Crippen molar-refractivity contribution in [2.45, 2.75) is 17.7 Å². The summed E-state index contributed by atoms with van der Waals surface area (Å²) in [5.74, 6) is -0.570. The van der Waals surface area contributed by atoms with Gasteiger partial charge in [0, 0.05) is 28.1 Å². The molecule has 1 fully saturated rings. The van der Waals surface area contributed by atoms with E-state index in [4.69, 9.17) is 11.6 Å². The molecule has 1 aliphatic heterocycles. The number of carbonyl (C=O) groups is 3. The number of amides is 3. The summed E-state index contributed by atoms with van der Waals surface area (Å²) in [6, 6.07) is 18.4. The van der Waals surface area contributed by atoms with Crippen LogP contribution in [0.15, 0.2) is 65.6 Å². The smallest absolute Gasteiger partial charge is 0.234 e. The highest BCUT2D eigenvalue weighted by atomic mass is 35.5. The van der Waals surface area contributed by atoms with Gasteiger partial charge in [-0.05, 0) is 29.7 Å². The van der Waals surface area contributed by atoms with E-state index in [1.54, 1.807) is 24.3 Å². The van der Waals surface area contributed by atoms with E-state index >= 15 is 0 Å². The highest BCUT2D eigenvalue weighted by Gasteiger charge is 2.31. The zero-order valence-corrected chi connectivity index (χ0v) is 16.9. The molecule has 1 saturated heterocycles. The van der Waals surface area contributed by atoms with E-state index in [0.717, 1.165) is 20.6 Å². The fraction of sp³-hybridized carbons (Fsp3) is 0.136. The van der Waals surface area contributed by atoms with Crippen molar-refractivity contribution < 1.29 is 14.4 Å². The van der Waals surface area contributed by atoms with Gasteiger partial charge in [-0.3, -0.25) is 14.4 Å². The molecule has 0 radical (unpaired) electrons. The largest absolute Gasteiger partial charge is 0.324 e. The molecule has 3 aromatic rings. The topological polar surface area (TPSA) is 66.5 Å². The Balaban J connectivity index is 1.51. The molecule has 4 rings (SSSR count). The van der Waals surface area contributed by atoms with Crippen molar-refractivity contribution in [3.8, 4) is 0 Å². The minimum Gasteiger partial charge on any atom is -0.324 e. The first-order valence-corrected chi connectivity index (χ1v) is 10.5. The first kappa shape index (κ1) is 19.5. The standard InChI is InChI=1S/C22H17ClN2O3S/c23-15-7-3-5-14-6-4-10-18(22(14)15)29-13-19(26)24-16-8-1-2-9-17(16)25-20(27)11-12-21(25)28/h1-10H,11-13H2,(H,24,26). The van der Waals surface area contributed by atoms with Crippen LogP contribution in [0.25, 0.3) is 10.8 Å². The second-order valence-electron chi connectivity index (χ2n) is 6.57. The monoisotopic (exact) mass is 424 g/mol. The zero-order chi connectivity index (χ0) is 20.4. The second kappa shape index (κ2) is 8.27. The highest BCUT2D eigenvalue weighted by Crippen LogP contribution is 2.34. The number of rotatable bonds is 5. The van der Waals surface area contributed by atoms with Gasteiger partial charge < -0.3 is 5.32 Å². The van der Waals surface area contributed by atoms with Crippen LogP contribution in [-0.4, -0.2) is 23.5 Å². The Bertz CT molecular complexity index is 1110. The molecule has 0 atom stereocenters. The fourth-order valence-electron chi connectivity index (χ4n) is 3.33. The van der Waals surface area contributed by atoms with Gasteiger partial charge >= 0.3 is 0 Å². The molecular formula is C22H17ClN2O3S. The lowest BCUT2D eigenvalue weighted by Crippen LogP contribution is -2.30. The number of nitrogens with zero attached hydrogens (tertiary/aromatic N) is 1. The summed E-state index contributed by atoms with van der Waals surface area (Å²) in [6.07, 6.45) is 0.387. The Morgan fingerprint density at radius 2 is 1.66 bits per heavy atom. The van der Waals surface area contributed by atoms with Gasteiger partial charge in [0.1, 0.15) is 0 Å². The normalized spacial score (nSPS) is 13.9. The van der Waals surface area contributed by atoms with E-state index in [0.29, 0.717) is 16.4 Å². The average Bonchev–Trinajstić information content (AvgIpc) is 3.05. The summed E-state index contributed by atoms with van der Waals surface area (Å²) in [5, 5.41) is 5.40. The maximum Gasteiger partial charge on any atom is 0.234 e. The molecule has 0 bridgehead atoms. The molecule has 3 amide bonds. The lowest BCUT2D eigenvalue weighted by atomic mass is 10.1. The number of halogens is 1. The van der Waals surface area contributed by atoms with E-state index in [1.165, 1.54) is 11.8 Å². The maximum absolute atomic E-state index is 12.6. The number of nitrogens with one attached hydrogen (secondary N) is 1. The molecule has 29 heavy (non-hydrogen) atoms. The molecule has 1 heterocycles. The van der Waals surface area contributed by atoms with Gasteiger partial charge in [-0.15, -0.1) is 11.8 Å². The summed E-state index contributed by atoms with van der Waals surface area (Å²) in [7, 11) is 0. The fourth-order valence-corrected chi connectivity index (χ4v) is 4.58. The molecule has 0 spiro atoms. The number of anilines is 2. The van der Waals surface area contributed by atoms with Crippen LogP contribution in [-0.2, 0) is 14.4 Å². The maximum atomic E-state index is 12.6. The number of fused-ring (bicyclic) bond motifs is 1. The molecule has 1 aliphatic rings. The summed E-state index contributed by atoms with van der Waals surface area (Å²) in [5.41, 5.74) is 0.851. The van der Waals surface area contributed by atoms with E-state index in [9.17, 15) is 14.4 Å². The van der Waals surface area contributed by atoms with Gasteiger partial charge in [0.2, 0.25) is 17.7 Å². The molecule has 0 saturated carbocycles. The first-order valence-electron chi connectivity index (χ1n) is 9.09. The number of para-hydroxylation sites is 2. The third-order valence-electron chi connectivity index (χ3n) is 4.64. The Morgan fingerprint density at radius 3 is 2.41 bits per heavy atom. The Hall–Kier alpha value is -2.83. The van der Waals surface area contributed by atoms with Crippen molar-refractivity contribution in [2.24, 2.45) is 0 Å². The van der Waals surface area contributed by atoms with Gasteiger partial charge in [-0.25, -0.2) is 4.90 Å². The Kier molecular flexibility index (Phi) is 5.56. The van der Waals surface area contributed by atoms with Crippen LogP contribution in [0.1, 0.15) is 12.8 Å². The van der Waals surface area contributed by atoms with E-state index in [-0.39, 0.29) is 36.3 Å². The van der Waals surface area contributed by atoms with Crippen molar-refractivity contribution >= 4 is 63.2 Å². The number of carbonyl (C=O) groups excluding carboxylic acids is 3. The molecule has 5 nitrogen and oxygen atoms in total. The van der Waals surface area contributed by atoms with Crippen molar-refractivity contribution in [1.82, 2.24) is 0 Å². The Labute approximate surface area is 177 Å². The van der Waals surface area contributed by atoms with Crippen molar-refractivity contribution in [3.63, 3.8) is 0 Å². The van der Waals surface area contributed by atoms with Gasteiger partial charge in [0.15, 0.2) is 0 Å². The van der Waals surface area contributed by atoms with Crippen LogP contribution in [0.2, 0.25) is 5.02 Å². The van der Waals surface area contributed by atoms with E-state index < -0.39 is 0 Å². The summed E-state index contributed by atoms with van der Waals surface area (Å²) < 4.78 is 0. The van der Waals surface area contributed by atoms with Crippen molar-refractivity contribution in [1.29, 1.82) is 0 Å². The van der Waals surface area contributed by atoms with Gasteiger partial charge in [0.05, 0.1) is 17.1 Å². The number of benzene rings is 3. The molecule has 1 N–H and O–H groups in total. The van der Waals surface area contributed by atoms with Crippen LogP contribution < -0.4 is 10.2 Å². The van der Waals surface area contributed by atoms with Gasteiger partial charge in [0.25, 0.3) is 0 Å². The quantitative estimate of drug-likeness (QED) is 0.468. The lowest BCUT2D eigenvalue weighted by Gasteiger charge is -2.18. The average molecular weight is 425 g/mol. The van der Waals surface area contributed by atoms with Crippen molar-refractivity contribution in [2.75, 3.05) is 16.0 Å². The number of hydrogen-bond acceptors (Lipinski definition) is 4. The number of imide groups is 1. The first-order chi connectivity index (χ1) is 14.0. The summed E-state index contributed by atoms with van der Waals surface area (Å²) in [6.45, 7) is 0. The molecular weight excluding hydrogens is 408 g/mol. The predicted molar refractivity (Wildman–Crippen MR) is 116 cm³/mol. The van der Waals surface area contributed by atoms with Crippen LogP contribution >= 0.6 is 23.4 Å².